The zero-order valence-electron chi connectivity index (χ0n) is 11.9. The number of halogens is 2. The summed E-state index contributed by atoms with van der Waals surface area (Å²) in [5.74, 6) is 0.188. The molecule has 0 spiro atoms. The molecule has 2 aromatic rings. The molecule has 0 aliphatic rings. The molecular formula is C14H15BrClN3O2. The van der Waals surface area contributed by atoms with E-state index in [-0.39, 0.29) is 12.7 Å². The first-order valence-corrected chi connectivity index (χ1v) is 7.47. The van der Waals surface area contributed by atoms with Gasteiger partial charge in [-0.25, -0.2) is 9.67 Å². The lowest BCUT2D eigenvalue weighted by atomic mass is 9.98. The smallest absolute Gasteiger partial charge is 0.313 e. The molecule has 0 bridgehead atoms. The molecule has 0 radical (unpaired) electrons. The lowest BCUT2D eigenvalue weighted by molar-refractivity contribution is -0.157. The molecule has 2 rings (SSSR count). The second kappa shape index (κ2) is 6.15. The lowest BCUT2D eigenvalue weighted by Gasteiger charge is -2.16. The molecule has 112 valence electrons. The summed E-state index contributed by atoms with van der Waals surface area (Å²) in [6, 6.07) is 5.52. The molecule has 1 aromatic carbocycles. The van der Waals surface area contributed by atoms with Gasteiger partial charge in [0.15, 0.2) is 12.6 Å². The van der Waals surface area contributed by atoms with E-state index >= 15 is 0 Å². The molecule has 21 heavy (non-hydrogen) atoms. The summed E-state index contributed by atoms with van der Waals surface area (Å²) in [6.07, 6.45) is 1.50. The number of hydrogen-bond donors (Lipinski definition) is 0. The molecule has 0 aliphatic carbocycles. The Morgan fingerprint density at radius 3 is 2.81 bits per heavy atom. The van der Waals surface area contributed by atoms with Crippen molar-refractivity contribution in [1.82, 2.24) is 14.8 Å². The highest BCUT2D eigenvalue weighted by atomic mass is 79.9. The van der Waals surface area contributed by atoms with Gasteiger partial charge in [-0.2, -0.15) is 0 Å². The maximum absolute atomic E-state index is 11.7. The van der Waals surface area contributed by atoms with E-state index in [1.165, 1.54) is 11.0 Å². The fraction of sp³-hybridized carbons (Fsp3) is 0.357. The molecule has 0 N–H and O–H groups in total. The van der Waals surface area contributed by atoms with Crippen molar-refractivity contribution in [2.45, 2.75) is 27.5 Å². The highest BCUT2D eigenvalue weighted by Gasteiger charge is 2.23. The minimum atomic E-state index is -0.545. The molecule has 0 saturated heterocycles. The number of aromatic nitrogens is 3. The summed E-state index contributed by atoms with van der Waals surface area (Å²) in [5.41, 5.74) is 0.170. The van der Waals surface area contributed by atoms with Crippen molar-refractivity contribution in [3.63, 3.8) is 0 Å². The van der Waals surface area contributed by atoms with E-state index < -0.39 is 5.41 Å². The fourth-order valence-electron chi connectivity index (χ4n) is 1.50. The van der Waals surface area contributed by atoms with Crippen LogP contribution in [0.15, 0.2) is 29.0 Å². The largest absolute Gasteiger partial charge is 0.442 e. The van der Waals surface area contributed by atoms with Crippen LogP contribution in [-0.4, -0.2) is 20.7 Å². The zero-order valence-corrected chi connectivity index (χ0v) is 14.3. The number of ether oxygens (including phenoxy) is 1. The van der Waals surface area contributed by atoms with E-state index in [4.69, 9.17) is 16.3 Å². The Hall–Kier alpha value is -1.40. The molecule has 0 atom stereocenters. The Morgan fingerprint density at radius 2 is 2.14 bits per heavy atom. The Labute approximate surface area is 136 Å². The van der Waals surface area contributed by atoms with Gasteiger partial charge in [-0.15, -0.1) is 5.10 Å². The normalized spacial score (nSPS) is 11.5. The van der Waals surface area contributed by atoms with Gasteiger partial charge in [-0.3, -0.25) is 4.79 Å². The van der Waals surface area contributed by atoms with Gasteiger partial charge in [0, 0.05) is 10.0 Å². The number of hydrogen-bond acceptors (Lipinski definition) is 4. The molecule has 7 heteroatoms. The Balaban J connectivity index is 2.12. The van der Waals surface area contributed by atoms with Crippen LogP contribution < -0.4 is 0 Å². The van der Waals surface area contributed by atoms with Gasteiger partial charge >= 0.3 is 5.97 Å². The molecule has 1 aromatic heterocycles. The van der Waals surface area contributed by atoms with Crippen LogP contribution in [0.1, 0.15) is 20.8 Å². The molecular weight excluding hydrogens is 358 g/mol. The van der Waals surface area contributed by atoms with Crippen LogP contribution in [0.3, 0.4) is 0 Å². The SMILES string of the molecule is CC(C)(C)C(=O)OCn1cnc(-c2cccc(Br)c2Cl)n1. The highest BCUT2D eigenvalue weighted by Crippen LogP contribution is 2.31. The predicted octanol–water partition coefficient (Wildman–Crippen LogP) is 3.91. The average Bonchev–Trinajstić information content (AvgIpc) is 2.86. The van der Waals surface area contributed by atoms with Gasteiger partial charge in [0.1, 0.15) is 6.33 Å². The maximum atomic E-state index is 11.7. The number of rotatable bonds is 3. The van der Waals surface area contributed by atoms with Gasteiger partial charge < -0.3 is 4.74 Å². The van der Waals surface area contributed by atoms with Crippen molar-refractivity contribution < 1.29 is 9.53 Å². The van der Waals surface area contributed by atoms with Gasteiger partial charge in [0.25, 0.3) is 0 Å². The number of benzene rings is 1. The summed E-state index contributed by atoms with van der Waals surface area (Å²) in [7, 11) is 0. The summed E-state index contributed by atoms with van der Waals surface area (Å²) in [6.45, 7) is 5.41. The minimum Gasteiger partial charge on any atom is -0.442 e. The van der Waals surface area contributed by atoms with E-state index in [0.717, 1.165) is 4.47 Å². The second-order valence-electron chi connectivity index (χ2n) is 5.52. The standard InChI is InChI=1S/C14H15BrClN3O2/c1-14(2,3)13(20)21-8-19-7-17-12(18-19)9-5-4-6-10(15)11(9)16/h4-7H,8H2,1-3H3. The van der Waals surface area contributed by atoms with Crippen LogP contribution in [0.4, 0.5) is 0 Å². The van der Waals surface area contributed by atoms with Crippen molar-refractivity contribution in [3.05, 3.63) is 34.0 Å². The Kier molecular flexibility index (Phi) is 4.68. The fourth-order valence-corrected chi connectivity index (χ4v) is 2.07. The summed E-state index contributed by atoms with van der Waals surface area (Å²) in [4.78, 5) is 15.9. The van der Waals surface area contributed by atoms with Gasteiger partial charge in [-0.1, -0.05) is 17.7 Å². The third-order valence-corrected chi connectivity index (χ3v) is 3.97. The van der Waals surface area contributed by atoms with Gasteiger partial charge in [-0.05, 0) is 48.8 Å². The third-order valence-electron chi connectivity index (χ3n) is 2.67. The first-order valence-electron chi connectivity index (χ1n) is 6.30. The van der Waals surface area contributed by atoms with E-state index in [9.17, 15) is 4.79 Å². The highest BCUT2D eigenvalue weighted by molar-refractivity contribution is 9.10. The van der Waals surface area contributed by atoms with E-state index in [1.807, 2.05) is 18.2 Å². The number of nitrogens with zero attached hydrogens (tertiary/aromatic N) is 3. The van der Waals surface area contributed by atoms with Crippen molar-refractivity contribution >= 4 is 33.5 Å². The quantitative estimate of drug-likeness (QED) is 0.767. The molecule has 5 nitrogen and oxygen atoms in total. The Morgan fingerprint density at radius 1 is 1.43 bits per heavy atom. The number of carbonyl (C=O) groups excluding carboxylic acids is 1. The zero-order chi connectivity index (χ0) is 15.6. The second-order valence-corrected chi connectivity index (χ2v) is 6.75. The summed E-state index contributed by atoms with van der Waals surface area (Å²) in [5, 5.41) is 4.80. The van der Waals surface area contributed by atoms with Crippen LogP contribution in [0.2, 0.25) is 5.02 Å². The van der Waals surface area contributed by atoms with E-state index in [0.29, 0.717) is 16.4 Å². The van der Waals surface area contributed by atoms with E-state index in [1.54, 1.807) is 20.8 Å². The predicted molar refractivity (Wildman–Crippen MR) is 83.7 cm³/mol. The van der Waals surface area contributed by atoms with Gasteiger partial charge in [0.05, 0.1) is 10.4 Å². The number of esters is 1. The van der Waals surface area contributed by atoms with Crippen LogP contribution in [0.5, 0.6) is 0 Å². The molecule has 0 fully saturated rings. The Bertz CT molecular complexity index is 664. The van der Waals surface area contributed by atoms with Gasteiger partial charge in [0.2, 0.25) is 0 Å². The molecule has 0 amide bonds. The average molecular weight is 373 g/mol. The maximum Gasteiger partial charge on any atom is 0.313 e. The lowest BCUT2D eigenvalue weighted by Crippen LogP contribution is -2.24. The van der Waals surface area contributed by atoms with Crippen LogP contribution in [-0.2, 0) is 16.3 Å². The molecule has 0 unspecified atom stereocenters. The monoisotopic (exact) mass is 371 g/mol. The minimum absolute atomic E-state index is 0.0225. The first kappa shape index (κ1) is 16.0. The van der Waals surface area contributed by atoms with Crippen molar-refractivity contribution in [1.29, 1.82) is 0 Å². The summed E-state index contributed by atoms with van der Waals surface area (Å²) < 4.78 is 7.40. The summed E-state index contributed by atoms with van der Waals surface area (Å²) >= 11 is 9.56. The van der Waals surface area contributed by atoms with Crippen LogP contribution >= 0.6 is 27.5 Å². The van der Waals surface area contributed by atoms with E-state index in [2.05, 4.69) is 26.0 Å². The van der Waals surface area contributed by atoms with Crippen LogP contribution in [0.25, 0.3) is 11.4 Å². The number of carbonyl (C=O) groups is 1. The van der Waals surface area contributed by atoms with Crippen LogP contribution in [0, 0.1) is 5.41 Å². The topological polar surface area (TPSA) is 57.0 Å². The first-order chi connectivity index (χ1) is 9.79. The van der Waals surface area contributed by atoms with Crippen molar-refractivity contribution in [2.75, 3.05) is 0 Å². The van der Waals surface area contributed by atoms with Crippen molar-refractivity contribution in [2.24, 2.45) is 5.41 Å². The van der Waals surface area contributed by atoms with Crippen molar-refractivity contribution in [3.8, 4) is 11.4 Å². The third kappa shape index (κ3) is 3.83. The molecule has 1 heterocycles. The molecule has 0 saturated carbocycles. The molecule has 0 aliphatic heterocycles.